The lowest BCUT2D eigenvalue weighted by Crippen LogP contribution is -2.48. The summed E-state index contributed by atoms with van der Waals surface area (Å²) in [5.41, 5.74) is 2.53. The Labute approximate surface area is 172 Å². The van der Waals surface area contributed by atoms with Crippen LogP contribution in [0.15, 0.2) is 48.5 Å². The summed E-state index contributed by atoms with van der Waals surface area (Å²) < 4.78 is 13.1. The Bertz CT molecular complexity index is 997. The molecule has 2 aromatic carbocycles. The highest BCUT2D eigenvalue weighted by molar-refractivity contribution is 7.17. The number of rotatable bonds is 3. The summed E-state index contributed by atoms with van der Waals surface area (Å²) in [6.07, 6.45) is 0. The van der Waals surface area contributed by atoms with Gasteiger partial charge in [-0.25, -0.2) is 9.37 Å². The number of nitrogens with zero attached hydrogens (tertiary/aromatic N) is 3. The summed E-state index contributed by atoms with van der Waals surface area (Å²) in [4.78, 5) is 22.3. The lowest BCUT2D eigenvalue weighted by Gasteiger charge is -2.36. The van der Waals surface area contributed by atoms with Gasteiger partial charge in [0.2, 0.25) is 0 Å². The van der Waals surface area contributed by atoms with Crippen LogP contribution >= 0.6 is 22.9 Å². The summed E-state index contributed by atoms with van der Waals surface area (Å²) in [5, 5.41) is 1.46. The largest absolute Gasteiger partial charge is 0.367 e. The zero-order valence-corrected chi connectivity index (χ0v) is 16.9. The number of halogens is 2. The van der Waals surface area contributed by atoms with Crippen LogP contribution in [0.25, 0.3) is 10.6 Å². The molecule has 0 bridgehead atoms. The van der Waals surface area contributed by atoms with Gasteiger partial charge in [0, 0.05) is 31.7 Å². The van der Waals surface area contributed by atoms with Crippen molar-refractivity contribution in [1.29, 1.82) is 0 Å². The van der Waals surface area contributed by atoms with Gasteiger partial charge in [-0.05, 0) is 43.3 Å². The first-order valence-electron chi connectivity index (χ1n) is 9.05. The first-order valence-corrected chi connectivity index (χ1v) is 10.2. The lowest BCUT2D eigenvalue weighted by atomic mass is 10.2. The Morgan fingerprint density at radius 1 is 1.07 bits per heavy atom. The summed E-state index contributed by atoms with van der Waals surface area (Å²) in [6, 6.07) is 13.9. The monoisotopic (exact) mass is 415 g/mol. The number of para-hydroxylation sites is 1. The molecular weight excluding hydrogens is 397 g/mol. The zero-order chi connectivity index (χ0) is 19.7. The number of hydrogen-bond donors (Lipinski definition) is 0. The number of piperazine rings is 1. The van der Waals surface area contributed by atoms with Crippen molar-refractivity contribution in [2.24, 2.45) is 0 Å². The van der Waals surface area contributed by atoms with Gasteiger partial charge < -0.3 is 9.80 Å². The smallest absolute Gasteiger partial charge is 0.265 e. The van der Waals surface area contributed by atoms with E-state index in [2.05, 4.69) is 9.88 Å². The highest BCUT2D eigenvalue weighted by atomic mass is 35.5. The van der Waals surface area contributed by atoms with Crippen LogP contribution in [0.4, 0.5) is 10.1 Å². The molecule has 0 unspecified atom stereocenters. The van der Waals surface area contributed by atoms with Gasteiger partial charge in [-0.3, -0.25) is 4.79 Å². The topological polar surface area (TPSA) is 36.4 Å². The molecule has 4 nitrogen and oxygen atoms in total. The lowest BCUT2D eigenvalue weighted by molar-refractivity contribution is 0.0750. The minimum Gasteiger partial charge on any atom is -0.367 e. The normalized spacial score (nSPS) is 14.4. The molecule has 4 rings (SSSR count). The molecule has 144 valence electrons. The summed E-state index contributed by atoms with van der Waals surface area (Å²) in [7, 11) is 0. The Morgan fingerprint density at radius 3 is 2.43 bits per heavy atom. The van der Waals surface area contributed by atoms with Crippen molar-refractivity contribution in [2.45, 2.75) is 6.92 Å². The van der Waals surface area contributed by atoms with Gasteiger partial charge in [-0.2, -0.15) is 0 Å². The average molecular weight is 416 g/mol. The minimum atomic E-state index is -0.287. The van der Waals surface area contributed by atoms with Crippen molar-refractivity contribution >= 4 is 34.5 Å². The Kier molecular flexibility index (Phi) is 5.33. The predicted octanol–water partition coefficient (Wildman–Crippen LogP) is 4.87. The van der Waals surface area contributed by atoms with E-state index in [1.807, 2.05) is 36.1 Å². The number of aryl methyl sites for hydroxylation is 1. The highest BCUT2D eigenvalue weighted by Gasteiger charge is 2.26. The van der Waals surface area contributed by atoms with Crippen LogP contribution < -0.4 is 4.90 Å². The van der Waals surface area contributed by atoms with E-state index < -0.39 is 0 Å². The molecule has 1 saturated heterocycles. The Balaban J connectivity index is 1.47. The number of carbonyl (C=O) groups excluding carboxylic acids is 1. The molecule has 0 radical (unpaired) electrons. The second-order valence-electron chi connectivity index (χ2n) is 6.67. The van der Waals surface area contributed by atoms with Gasteiger partial charge in [0.1, 0.15) is 15.7 Å². The third-order valence-corrected chi connectivity index (χ3v) is 6.36. The Hall–Kier alpha value is -2.44. The maximum absolute atomic E-state index is 13.1. The van der Waals surface area contributed by atoms with Crippen molar-refractivity contribution in [3.8, 4) is 10.6 Å². The minimum absolute atomic E-state index is 0.00201. The van der Waals surface area contributed by atoms with Crippen molar-refractivity contribution < 1.29 is 9.18 Å². The molecule has 1 aromatic heterocycles. The van der Waals surface area contributed by atoms with Crippen molar-refractivity contribution in [2.75, 3.05) is 31.1 Å². The molecule has 2 heterocycles. The van der Waals surface area contributed by atoms with Crippen molar-refractivity contribution in [3.05, 3.63) is 69.9 Å². The third-order valence-electron chi connectivity index (χ3n) is 4.84. The molecule has 0 saturated carbocycles. The molecule has 7 heteroatoms. The molecule has 0 atom stereocenters. The average Bonchev–Trinajstić information content (AvgIpc) is 3.10. The molecule has 1 amide bonds. The van der Waals surface area contributed by atoms with Crippen LogP contribution in [0, 0.1) is 12.7 Å². The fourth-order valence-corrected chi connectivity index (χ4v) is 4.61. The fourth-order valence-electron chi connectivity index (χ4n) is 3.31. The standard InChI is InChI=1S/C21H19ClFN3OS/c1-14-19(28-20(24-14)15-6-8-16(23)9-7-15)21(27)26-12-10-25(11-13-26)18-5-3-2-4-17(18)22/h2-9H,10-13H2,1H3. The van der Waals surface area contributed by atoms with E-state index in [4.69, 9.17) is 11.6 Å². The van der Waals surface area contributed by atoms with E-state index >= 15 is 0 Å². The molecule has 0 aliphatic carbocycles. The summed E-state index contributed by atoms with van der Waals surface area (Å²) in [5.74, 6) is -0.285. The first kappa shape index (κ1) is 18.9. The van der Waals surface area contributed by atoms with E-state index in [9.17, 15) is 9.18 Å². The van der Waals surface area contributed by atoms with Crippen LogP contribution in [0.2, 0.25) is 5.02 Å². The van der Waals surface area contributed by atoms with Crippen molar-refractivity contribution in [3.63, 3.8) is 0 Å². The molecule has 3 aromatic rings. The highest BCUT2D eigenvalue weighted by Crippen LogP contribution is 2.30. The van der Waals surface area contributed by atoms with Crippen molar-refractivity contribution in [1.82, 2.24) is 9.88 Å². The van der Waals surface area contributed by atoms with Gasteiger partial charge >= 0.3 is 0 Å². The zero-order valence-electron chi connectivity index (χ0n) is 15.4. The summed E-state index contributed by atoms with van der Waals surface area (Å²) in [6.45, 7) is 4.58. The number of carbonyl (C=O) groups is 1. The van der Waals surface area contributed by atoms with Gasteiger partial charge in [-0.1, -0.05) is 23.7 Å². The van der Waals surface area contributed by atoms with Gasteiger partial charge in [0.05, 0.1) is 16.4 Å². The Morgan fingerprint density at radius 2 is 1.75 bits per heavy atom. The van der Waals surface area contributed by atoms with E-state index in [-0.39, 0.29) is 11.7 Å². The van der Waals surface area contributed by atoms with Gasteiger partial charge in [0.15, 0.2) is 0 Å². The third kappa shape index (κ3) is 3.75. The maximum atomic E-state index is 13.1. The second-order valence-corrected chi connectivity index (χ2v) is 8.08. The van der Waals surface area contributed by atoms with Gasteiger partial charge in [-0.15, -0.1) is 11.3 Å². The van der Waals surface area contributed by atoms with E-state index in [1.165, 1.54) is 23.5 Å². The molecule has 0 spiro atoms. The fraction of sp³-hybridized carbons (Fsp3) is 0.238. The van der Waals surface area contributed by atoms with Crippen LogP contribution in [0.5, 0.6) is 0 Å². The van der Waals surface area contributed by atoms with Crippen LogP contribution in [0.1, 0.15) is 15.4 Å². The van der Waals surface area contributed by atoms with Gasteiger partial charge in [0.25, 0.3) is 5.91 Å². The molecule has 1 fully saturated rings. The molecule has 1 aliphatic rings. The number of amides is 1. The number of anilines is 1. The van der Waals surface area contributed by atoms with E-state index in [0.717, 1.165) is 34.4 Å². The quantitative estimate of drug-likeness (QED) is 0.612. The van der Waals surface area contributed by atoms with E-state index in [1.54, 1.807) is 12.1 Å². The molecule has 1 aliphatic heterocycles. The maximum Gasteiger partial charge on any atom is 0.265 e. The number of hydrogen-bond acceptors (Lipinski definition) is 4. The predicted molar refractivity (Wildman–Crippen MR) is 112 cm³/mol. The SMILES string of the molecule is Cc1nc(-c2ccc(F)cc2)sc1C(=O)N1CCN(c2ccccc2Cl)CC1. The molecule has 28 heavy (non-hydrogen) atoms. The number of benzene rings is 2. The molecular formula is C21H19ClFN3OS. The van der Waals surface area contributed by atoms with E-state index in [0.29, 0.717) is 23.7 Å². The number of aromatic nitrogens is 1. The number of thiazole rings is 1. The van der Waals surface area contributed by atoms with Crippen LogP contribution in [0.3, 0.4) is 0 Å². The first-order chi connectivity index (χ1) is 13.5. The van der Waals surface area contributed by atoms with Crippen LogP contribution in [-0.2, 0) is 0 Å². The summed E-state index contributed by atoms with van der Waals surface area (Å²) >= 11 is 7.65. The second kappa shape index (κ2) is 7.89. The van der Waals surface area contributed by atoms with Crippen LogP contribution in [-0.4, -0.2) is 42.0 Å². The molecule has 0 N–H and O–H groups in total.